The Morgan fingerprint density at radius 3 is 2.67 bits per heavy atom. The van der Waals surface area contributed by atoms with Crippen LogP contribution in [0.2, 0.25) is 0 Å². The van der Waals surface area contributed by atoms with Crippen molar-refractivity contribution in [3.63, 3.8) is 0 Å². The first-order valence-electron chi connectivity index (χ1n) is 6.40. The van der Waals surface area contributed by atoms with E-state index in [9.17, 15) is 4.79 Å². The topological polar surface area (TPSA) is 52.6 Å². The number of carbonyl (C=O) groups is 1. The zero-order valence-electron chi connectivity index (χ0n) is 10.9. The molecule has 0 aliphatic carbocycles. The summed E-state index contributed by atoms with van der Waals surface area (Å²) in [4.78, 5) is 13.6. The van der Waals surface area contributed by atoms with Crippen LogP contribution in [0.5, 0.6) is 0 Å². The van der Waals surface area contributed by atoms with Crippen LogP contribution in [0.1, 0.15) is 12.5 Å². The molecule has 4 nitrogen and oxygen atoms in total. The zero-order chi connectivity index (χ0) is 13.2. The largest absolute Gasteiger partial charge is 0.395 e. The van der Waals surface area contributed by atoms with Gasteiger partial charge in [-0.05, 0) is 18.5 Å². The fourth-order valence-corrected chi connectivity index (χ4v) is 1.74. The fourth-order valence-electron chi connectivity index (χ4n) is 1.74. The van der Waals surface area contributed by atoms with Gasteiger partial charge >= 0.3 is 0 Å². The van der Waals surface area contributed by atoms with Crippen molar-refractivity contribution in [1.29, 1.82) is 0 Å². The minimum atomic E-state index is 0.0150. The summed E-state index contributed by atoms with van der Waals surface area (Å²) in [6, 6.07) is 10.1. The van der Waals surface area contributed by atoms with Gasteiger partial charge in [-0.2, -0.15) is 0 Å². The molecule has 0 fully saturated rings. The van der Waals surface area contributed by atoms with Crippen LogP contribution in [0.3, 0.4) is 0 Å². The standard InChI is InChI=1S/C14H22N2O2/c1-2-16(10-11-17)12-14(18)15-9-8-13-6-4-3-5-7-13/h3-7,17H,2,8-12H2,1H3,(H,15,18). The molecule has 0 aliphatic rings. The van der Waals surface area contributed by atoms with E-state index in [1.165, 1.54) is 5.56 Å². The third kappa shape index (κ3) is 5.80. The number of nitrogens with zero attached hydrogens (tertiary/aromatic N) is 1. The molecule has 0 spiro atoms. The molecular weight excluding hydrogens is 228 g/mol. The molecule has 0 aliphatic heterocycles. The number of aliphatic hydroxyl groups is 1. The number of aliphatic hydroxyl groups excluding tert-OH is 1. The third-order valence-corrected chi connectivity index (χ3v) is 2.81. The van der Waals surface area contributed by atoms with Crippen LogP contribution in [0.15, 0.2) is 30.3 Å². The minimum Gasteiger partial charge on any atom is -0.395 e. The summed E-state index contributed by atoms with van der Waals surface area (Å²) in [6.07, 6.45) is 0.846. The Kier molecular flexibility index (Phi) is 7.06. The van der Waals surface area contributed by atoms with Crippen LogP contribution in [-0.2, 0) is 11.2 Å². The monoisotopic (exact) mass is 250 g/mol. The molecule has 2 N–H and O–H groups in total. The second-order valence-electron chi connectivity index (χ2n) is 4.18. The average Bonchev–Trinajstić information content (AvgIpc) is 2.39. The molecule has 0 saturated heterocycles. The maximum absolute atomic E-state index is 11.6. The number of amides is 1. The summed E-state index contributed by atoms with van der Waals surface area (Å²) in [5, 5.41) is 11.7. The molecule has 0 unspecified atom stereocenters. The van der Waals surface area contributed by atoms with Gasteiger partial charge in [-0.1, -0.05) is 37.3 Å². The SMILES string of the molecule is CCN(CCO)CC(=O)NCCc1ccccc1. The van der Waals surface area contributed by atoms with Gasteiger partial charge < -0.3 is 10.4 Å². The van der Waals surface area contributed by atoms with E-state index in [-0.39, 0.29) is 12.5 Å². The minimum absolute atomic E-state index is 0.0150. The summed E-state index contributed by atoms with van der Waals surface area (Å²) >= 11 is 0. The molecule has 0 heterocycles. The van der Waals surface area contributed by atoms with E-state index < -0.39 is 0 Å². The summed E-state index contributed by atoms with van der Waals surface area (Å²) in [5.74, 6) is 0.0150. The Labute approximate surface area is 109 Å². The molecule has 0 bridgehead atoms. The Bertz CT molecular complexity index is 341. The van der Waals surface area contributed by atoms with Gasteiger partial charge in [0.05, 0.1) is 13.2 Å². The maximum Gasteiger partial charge on any atom is 0.234 e. The quantitative estimate of drug-likeness (QED) is 0.712. The fraction of sp³-hybridized carbons (Fsp3) is 0.500. The first-order chi connectivity index (χ1) is 8.76. The summed E-state index contributed by atoms with van der Waals surface area (Å²) < 4.78 is 0. The van der Waals surface area contributed by atoms with E-state index in [1.807, 2.05) is 30.0 Å². The molecule has 1 rings (SSSR count). The number of rotatable bonds is 8. The van der Waals surface area contributed by atoms with Crippen molar-refractivity contribution in [2.24, 2.45) is 0 Å². The van der Waals surface area contributed by atoms with Crippen LogP contribution in [-0.4, -0.2) is 48.7 Å². The van der Waals surface area contributed by atoms with E-state index in [0.29, 0.717) is 19.6 Å². The van der Waals surface area contributed by atoms with E-state index in [0.717, 1.165) is 13.0 Å². The lowest BCUT2D eigenvalue weighted by Crippen LogP contribution is -2.39. The number of hydrogen-bond acceptors (Lipinski definition) is 3. The van der Waals surface area contributed by atoms with Crippen LogP contribution >= 0.6 is 0 Å². The molecule has 4 heteroatoms. The van der Waals surface area contributed by atoms with E-state index >= 15 is 0 Å². The van der Waals surface area contributed by atoms with Crippen molar-refractivity contribution in [1.82, 2.24) is 10.2 Å². The van der Waals surface area contributed by atoms with E-state index in [1.54, 1.807) is 0 Å². The number of carbonyl (C=O) groups excluding carboxylic acids is 1. The lowest BCUT2D eigenvalue weighted by atomic mass is 10.1. The second kappa shape index (κ2) is 8.66. The van der Waals surface area contributed by atoms with Gasteiger partial charge in [0.15, 0.2) is 0 Å². The van der Waals surface area contributed by atoms with Crippen LogP contribution in [0.25, 0.3) is 0 Å². The van der Waals surface area contributed by atoms with Gasteiger partial charge in [0.2, 0.25) is 5.91 Å². The Balaban J connectivity index is 2.20. The predicted octanol–water partition coefficient (Wildman–Crippen LogP) is 0.659. The van der Waals surface area contributed by atoms with Gasteiger partial charge in [-0.15, -0.1) is 0 Å². The molecule has 0 atom stereocenters. The van der Waals surface area contributed by atoms with Gasteiger partial charge in [0.1, 0.15) is 0 Å². The highest BCUT2D eigenvalue weighted by Crippen LogP contribution is 1.98. The molecule has 1 amide bonds. The van der Waals surface area contributed by atoms with Gasteiger partial charge in [0.25, 0.3) is 0 Å². The third-order valence-electron chi connectivity index (χ3n) is 2.81. The molecule has 100 valence electrons. The molecular formula is C14H22N2O2. The molecule has 1 aromatic carbocycles. The Hall–Kier alpha value is -1.39. The van der Waals surface area contributed by atoms with E-state index in [4.69, 9.17) is 5.11 Å². The van der Waals surface area contributed by atoms with Crippen LogP contribution < -0.4 is 5.32 Å². The van der Waals surface area contributed by atoms with E-state index in [2.05, 4.69) is 17.4 Å². The number of benzene rings is 1. The van der Waals surface area contributed by atoms with Crippen LogP contribution in [0.4, 0.5) is 0 Å². The highest BCUT2D eigenvalue weighted by atomic mass is 16.3. The van der Waals surface area contributed by atoms with Crippen molar-refractivity contribution >= 4 is 5.91 Å². The van der Waals surface area contributed by atoms with Gasteiger partial charge in [0, 0.05) is 13.1 Å². The first kappa shape index (κ1) is 14.7. The van der Waals surface area contributed by atoms with Crippen molar-refractivity contribution < 1.29 is 9.90 Å². The highest BCUT2D eigenvalue weighted by Gasteiger charge is 2.07. The van der Waals surface area contributed by atoms with Gasteiger partial charge in [-0.3, -0.25) is 9.69 Å². The Morgan fingerprint density at radius 2 is 2.06 bits per heavy atom. The lowest BCUT2D eigenvalue weighted by Gasteiger charge is -2.18. The Morgan fingerprint density at radius 1 is 1.33 bits per heavy atom. The van der Waals surface area contributed by atoms with Crippen molar-refractivity contribution in [3.05, 3.63) is 35.9 Å². The van der Waals surface area contributed by atoms with Crippen molar-refractivity contribution in [2.75, 3.05) is 32.8 Å². The highest BCUT2D eigenvalue weighted by molar-refractivity contribution is 5.77. The molecule has 0 saturated carbocycles. The molecule has 1 aromatic rings. The second-order valence-corrected chi connectivity index (χ2v) is 4.18. The summed E-state index contributed by atoms with van der Waals surface area (Å²) in [5.41, 5.74) is 1.22. The number of likely N-dealkylation sites (N-methyl/N-ethyl adjacent to an activating group) is 1. The van der Waals surface area contributed by atoms with Gasteiger partial charge in [-0.25, -0.2) is 0 Å². The average molecular weight is 250 g/mol. The smallest absolute Gasteiger partial charge is 0.234 e. The molecule has 0 radical (unpaired) electrons. The number of nitrogens with one attached hydrogen (secondary N) is 1. The van der Waals surface area contributed by atoms with Crippen molar-refractivity contribution in [3.8, 4) is 0 Å². The normalized spacial score (nSPS) is 10.6. The van der Waals surface area contributed by atoms with Crippen LogP contribution in [0, 0.1) is 0 Å². The summed E-state index contributed by atoms with van der Waals surface area (Å²) in [6.45, 7) is 4.39. The first-order valence-corrected chi connectivity index (χ1v) is 6.40. The number of hydrogen-bond donors (Lipinski definition) is 2. The summed E-state index contributed by atoms with van der Waals surface area (Å²) in [7, 11) is 0. The zero-order valence-corrected chi connectivity index (χ0v) is 10.9. The lowest BCUT2D eigenvalue weighted by molar-refractivity contribution is -0.122. The maximum atomic E-state index is 11.6. The van der Waals surface area contributed by atoms with Crippen molar-refractivity contribution in [2.45, 2.75) is 13.3 Å². The predicted molar refractivity (Wildman–Crippen MR) is 72.4 cm³/mol. The molecule has 18 heavy (non-hydrogen) atoms. The molecule has 0 aromatic heterocycles.